The van der Waals surface area contributed by atoms with Crippen molar-refractivity contribution in [2.75, 3.05) is 18.0 Å². The molecule has 3 aromatic carbocycles. The molecule has 1 aliphatic carbocycles. The fourth-order valence-corrected chi connectivity index (χ4v) is 6.55. The van der Waals surface area contributed by atoms with Gasteiger partial charge in [-0.2, -0.15) is 0 Å². The number of ether oxygens (including phenoxy) is 1. The highest BCUT2D eigenvalue weighted by molar-refractivity contribution is 7.92. The molecule has 0 unspecified atom stereocenters. The lowest BCUT2D eigenvalue weighted by molar-refractivity contribution is -0.140. The maximum atomic E-state index is 14.1. The molecule has 1 atom stereocenters. The molecule has 4 rings (SSSR count). The normalized spacial score (nSPS) is 14.3. The third-order valence-corrected chi connectivity index (χ3v) is 9.09. The van der Waals surface area contributed by atoms with Crippen molar-refractivity contribution in [1.82, 2.24) is 10.2 Å². The van der Waals surface area contributed by atoms with Gasteiger partial charge in [0, 0.05) is 12.6 Å². The number of benzene rings is 3. The molecular formula is C31H36FN3O5S. The Bertz CT molecular complexity index is 1430. The van der Waals surface area contributed by atoms with Crippen molar-refractivity contribution in [2.24, 2.45) is 0 Å². The van der Waals surface area contributed by atoms with Crippen molar-refractivity contribution in [3.05, 3.63) is 90.2 Å². The third-order valence-electron chi connectivity index (χ3n) is 7.30. The van der Waals surface area contributed by atoms with E-state index in [1.807, 2.05) is 13.0 Å². The molecule has 8 nitrogen and oxygen atoms in total. The summed E-state index contributed by atoms with van der Waals surface area (Å²) in [5.74, 6) is -0.774. The molecule has 0 saturated heterocycles. The third kappa shape index (κ3) is 7.43. The van der Waals surface area contributed by atoms with E-state index in [1.54, 1.807) is 43.5 Å². The maximum absolute atomic E-state index is 14.1. The van der Waals surface area contributed by atoms with Gasteiger partial charge in [0.1, 0.15) is 24.2 Å². The van der Waals surface area contributed by atoms with Crippen LogP contribution < -0.4 is 14.4 Å². The van der Waals surface area contributed by atoms with Crippen molar-refractivity contribution >= 4 is 27.5 Å². The van der Waals surface area contributed by atoms with Gasteiger partial charge >= 0.3 is 0 Å². The summed E-state index contributed by atoms with van der Waals surface area (Å²) in [5, 5.41) is 3.09. The van der Waals surface area contributed by atoms with Crippen molar-refractivity contribution in [1.29, 1.82) is 0 Å². The summed E-state index contributed by atoms with van der Waals surface area (Å²) in [6.07, 6.45) is 4.19. The van der Waals surface area contributed by atoms with E-state index in [-0.39, 0.29) is 29.1 Å². The van der Waals surface area contributed by atoms with E-state index in [2.05, 4.69) is 5.32 Å². The zero-order chi connectivity index (χ0) is 29.4. The van der Waals surface area contributed by atoms with E-state index >= 15 is 0 Å². The minimum atomic E-state index is -4.21. The van der Waals surface area contributed by atoms with Crippen molar-refractivity contribution < 1.29 is 27.1 Å². The van der Waals surface area contributed by atoms with Crippen LogP contribution in [-0.4, -0.2) is 50.9 Å². The molecule has 218 valence electrons. The maximum Gasteiger partial charge on any atom is 0.264 e. The van der Waals surface area contributed by atoms with Crippen molar-refractivity contribution in [2.45, 2.75) is 62.6 Å². The monoisotopic (exact) mass is 581 g/mol. The zero-order valence-corrected chi connectivity index (χ0v) is 24.1. The molecule has 41 heavy (non-hydrogen) atoms. The van der Waals surface area contributed by atoms with Crippen LogP contribution in [0, 0.1) is 5.82 Å². The summed E-state index contributed by atoms with van der Waals surface area (Å²) in [6, 6.07) is 19.1. The smallest absolute Gasteiger partial charge is 0.264 e. The standard InChI is InChI=1S/C31H36FN3O5S/c1-3-29(31(37)33-25-11-7-8-12-25)34(21-23-10-9-13-27(20-23)40-2)30(36)22-35(26-18-16-24(32)17-19-26)41(38,39)28-14-5-4-6-15-28/h4-6,9-10,13-20,25,29H,3,7-8,11-12,21-22H2,1-2H3,(H,33,37)/t29-/m1/s1. The van der Waals surface area contributed by atoms with Gasteiger partial charge in [0.05, 0.1) is 17.7 Å². The first-order valence-electron chi connectivity index (χ1n) is 13.8. The van der Waals surface area contributed by atoms with Gasteiger partial charge in [0.2, 0.25) is 11.8 Å². The number of carbonyl (C=O) groups is 2. The minimum absolute atomic E-state index is 0.0116. The van der Waals surface area contributed by atoms with E-state index in [4.69, 9.17) is 4.74 Å². The number of amides is 2. The van der Waals surface area contributed by atoms with Crippen LogP contribution in [0.25, 0.3) is 0 Å². The first kappa shape index (κ1) is 30.0. The molecule has 0 heterocycles. The lowest BCUT2D eigenvalue weighted by Gasteiger charge is -2.33. The SMILES string of the molecule is CC[C@H](C(=O)NC1CCCC1)N(Cc1cccc(OC)c1)C(=O)CN(c1ccc(F)cc1)S(=O)(=O)c1ccccc1. The second-order valence-corrected chi connectivity index (χ2v) is 12.0. The summed E-state index contributed by atoms with van der Waals surface area (Å²) in [5.41, 5.74) is 0.859. The van der Waals surface area contributed by atoms with Crippen LogP contribution in [0.4, 0.5) is 10.1 Å². The van der Waals surface area contributed by atoms with Gasteiger partial charge in [-0.25, -0.2) is 12.8 Å². The van der Waals surface area contributed by atoms with Gasteiger partial charge < -0.3 is 15.0 Å². The Balaban J connectivity index is 1.71. The Morgan fingerprint density at radius 3 is 2.32 bits per heavy atom. The molecule has 0 aromatic heterocycles. The van der Waals surface area contributed by atoms with E-state index in [0.29, 0.717) is 12.2 Å². The summed E-state index contributed by atoms with van der Waals surface area (Å²) >= 11 is 0. The van der Waals surface area contributed by atoms with Crippen LogP contribution in [0.15, 0.2) is 83.8 Å². The van der Waals surface area contributed by atoms with Crippen LogP contribution >= 0.6 is 0 Å². The molecule has 10 heteroatoms. The molecule has 1 aliphatic rings. The molecule has 0 bridgehead atoms. The highest BCUT2D eigenvalue weighted by Gasteiger charge is 2.34. The summed E-state index contributed by atoms with van der Waals surface area (Å²) in [7, 11) is -2.66. The molecule has 0 radical (unpaired) electrons. The van der Waals surface area contributed by atoms with Gasteiger partial charge in [0.25, 0.3) is 10.0 Å². The number of halogens is 1. The number of anilines is 1. The number of nitrogens with one attached hydrogen (secondary N) is 1. The number of nitrogens with zero attached hydrogens (tertiary/aromatic N) is 2. The number of sulfonamides is 1. The summed E-state index contributed by atoms with van der Waals surface area (Å²) < 4.78 is 47.7. The second-order valence-electron chi connectivity index (χ2n) is 10.1. The Morgan fingerprint density at radius 2 is 1.68 bits per heavy atom. The lowest BCUT2D eigenvalue weighted by Crippen LogP contribution is -2.53. The van der Waals surface area contributed by atoms with E-state index < -0.39 is 34.3 Å². The number of carbonyl (C=O) groups excluding carboxylic acids is 2. The predicted octanol–water partition coefficient (Wildman–Crippen LogP) is 4.90. The van der Waals surface area contributed by atoms with E-state index in [0.717, 1.165) is 47.7 Å². The van der Waals surface area contributed by atoms with Gasteiger partial charge in [-0.1, -0.05) is 50.1 Å². The molecule has 1 saturated carbocycles. The highest BCUT2D eigenvalue weighted by Crippen LogP contribution is 2.26. The quantitative estimate of drug-likeness (QED) is 0.329. The van der Waals surface area contributed by atoms with Crippen LogP contribution in [-0.2, 0) is 26.2 Å². The fraction of sp³-hybridized carbons (Fsp3) is 0.355. The minimum Gasteiger partial charge on any atom is -0.497 e. The topological polar surface area (TPSA) is 96.0 Å². The molecule has 0 spiro atoms. The van der Waals surface area contributed by atoms with Gasteiger partial charge in [-0.3, -0.25) is 13.9 Å². The second kappa shape index (κ2) is 13.6. The number of hydrogen-bond donors (Lipinski definition) is 1. The highest BCUT2D eigenvalue weighted by atomic mass is 32.2. The Labute approximate surface area is 241 Å². The van der Waals surface area contributed by atoms with Gasteiger partial charge in [-0.15, -0.1) is 0 Å². The molecule has 3 aromatic rings. The largest absolute Gasteiger partial charge is 0.497 e. The Hall–Kier alpha value is -3.92. The molecule has 1 fully saturated rings. The number of rotatable bonds is 12. The summed E-state index contributed by atoms with van der Waals surface area (Å²) in [6.45, 7) is 1.30. The fourth-order valence-electron chi connectivity index (χ4n) is 5.11. The Kier molecular flexibility index (Phi) is 9.99. The van der Waals surface area contributed by atoms with Gasteiger partial charge in [0.15, 0.2) is 0 Å². The van der Waals surface area contributed by atoms with Crippen LogP contribution in [0.2, 0.25) is 0 Å². The van der Waals surface area contributed by atoms with E-state index in [9.17, 15) is 22.4 Å². The first-order valence-corrected chi connectivity index (χ1v) is 15.2. The molecule has 0 aliphatic heterocycles. The van der Waals surface area contributed by atoms with E-state index in [1.165, 1.54) is 29.2 Å². The first-order chi connectivity index (χ1) is 19.7. The zero-order valence-electron chi connectivity index (χ0n) is 23.3. The van der Waals surface area contributed by atoms with Gasteiger partial charge in [-0.05, 0) is 73.4 Å². The number of methoxy groups -OCH3 is 1. The average molecular weight is 582 g/mol. The van der Waals surface area contributed by atoms with Crippen LogP contribution in [0.1, 0.15) is 44.6 Å². The Morgan fingerprint density at radius 1 is 1.00 bits per heavy atom. The molecule has 1 N–H and O–H groups in total. The molecular weight excluding hydrogens is 545 g/mol. The lowest BCUT2D eigenvalue weighted by atomic mass is 10.1. The van der Waals surface area contributed by atoms with Crippen LogP contribution in [0.3, 0.4) is 0 Å². The molecule has 2 amide bonds. The average Bonchev–Trinajstić information content (AvgIpc) is 3.49. The number of hydrogen-bond acceptors (Lipinski definition) is 5. The van der Waals surface area contributed by atoms with Crippen molar-refractivity contribution in [3.8, 4) is 5.75 Å². The van der Waals surface area contributed by atoms with Crippen LogP contribution in [0.5, 0.6) is 5.75 Å². The summed E-state index contributed by atoms with van der Waals surface area (Å²) in [4.78, 5) is 29.0. The van der Waals surface area contributed by atoms with Crippen molar-refractivity contribution in [3.63, 3.8) is 0 Å². The predicted molar refractivity (Wildman–Crippen MR) is 155 cm³/mol.